The number of ketones is 1. The van der Waals surface area contributed by atoms with Crippen LogP contribution in [0.4, 0.5) is 0 Å². The highest BCUT2D eigenvalue weighted by Gasteiger charge is 2.34. The molecule has 2 N–H and O–H groups in total. The summed E-state index contributed by atoms with van der Waals surface area (Å²) >= 11 is 0. The SMILES string of the molecule is Cc1cc([C@@](C)(Oc2ccc3c(c2C)OCCC3=O)c2ccc(C(N)=O)cc2)cc(C)n1. The summed E-state index contributed by atoms with van der Waals surface area (Å²) < 4.78 is 12.5. The number of benzene rings is 2. The first-order chi connectivity index (χ1) is 15.2. The minimum atomic E-state index is -0.897. The topological polar surface area (TPSA) is 91.5 Å². The fourth-order valence-electron chi connectivity index (χ4n) is 4.14. The number of aromatic nitrogens is 1. The van der Waals surface area contributed by atoms with Gasteiger partial charge in [0.2, 0.25) is 5.91 Å². The summed E-state index contributed by atoms with van der Waals surface area (Å²) in [4.78, 5) is 28.3. The number of carbonyl (C=O) groups excluding carboxylic acids is 2. The molecule has 32 heavy (non-hydrogen) atoms. The molecule has 2 aromatic carbocycles. The molecule has 0 saturated heterocycles. The standard InChI is InChI=1S/C26H26N2O4/c1-15-13-20(14-16(2)28-15)26(4,19-7-5-18(6-8-19)25(27)30)32-23-10-9-21-22(29)11-12-31-24(21)17(23)3/h5-10,13-14H,11-12H2,1-4H3,(H2,27,30)/t26-/m0/s1. The molecule has 1 aliphatic heterocycles. The summed E-state index contributed by atoms with van der Waals surface area (Å²) in [6.45, 7) is 8.12. The quantitative estimate of drug-likeness (QED) is 0.647. The Kier molecular flexibility index (Phi) is 5.46. The first kappa shape index (κ1) is 21.6. The highest BCUT2D eigenvalue weighted by atomic mass is 16.5. The van der Waals surface area contributed by atoms with E-state index in [-0.39, 0.29) is 5.78 Å². The molecule has 1 atom stereocenters. The molecule has 0 bridgehead atoms. The van der Waals surface area contributed by atoms with Crippen LogP contribution in [0.5, 0.6) is 11.5 Å². The van der Waals surface area contributed by atoms with E-state index in [1.165, 1.54) is 0 Å². The van der Waals surface area contributed by atoms with Crippen LogP contribution in [0.1, 0.15) is 62.1 Å². The maximum Gasteiger partial charge on any atom is 0.248 e. The Morgan fingerprint density at radius 1 is 1.03 bits per heavy atom. The van der Waals surface area contributed by atoms with Gasteiger partial charge in [0.05, 0.1) is 12.2 Å². The van der Waals surface area contributed by atoms with Crippen LogP contribution in [0.25, 0.3) is 0 Å². The molecule has 1 amide bonds. The predicted octanol–water partition coefficient (Wildman–Crippen LogP) is 4.41. The number of carbonyl (C=O) groups is 2. The van der Waals surface area contributed by atoms with Gasteiger partial charge < -0.3 is 15.2 Å². The first-order valence-electron chi connectivity index (χ1n) is 10.5. The van der Waals surface area contributed by atoms with Crippen molar-refractivity contribution in [2.24, 2.45) is 5.73 Å². The van der Waals surface area contributed by atoms with E-state index >= 15 is 0 Å². The normalized spacial score (nSPS) is 14.8. The highest BCUT2D eigenvalue weighted by Crippen LogP contribution is 2.41. The van der Waals surface area contributed by atoms with Gasteiger partial charge in [0.15, 0.2) is 11.4 Å². The number of hydrogen-bond acceptors (Lipinski definition) is 5. The number of rotatable bonds is 5. The third kappa shape index (κ3) is 3.84. The zero-order valence-corrected chi connectivity index (χ0v) is 18.7. The van der Waals surface area contributed by atoms with E-state index in [4.69, 9.17) is 15.2 Å². The highest BCUT2D eigenvalue weighted by molar-refractivity contribution is 6.00. The van der Waals surface area contributed by atoms with E-state index in [9.17, 15) is 9.59 Å². The van der Waals surface area contributed by atoms with Crippen molar-refractivity contribution in [3.05, 3.63) is 87.7 Å². The number of hydrogen-bond donors (Lipinski definition) is 1. The largest absolute Gasteiger partial charge is 0.492 e. The van der Waals surface area contributed by atoms with Crippen molar-refractivity contribution in [3.63, 3.8) is 0 Å². The summed E-state index contributed by atoms with van der Waals surface area (Å²) in [5, 5.41) is 0. The lowest BCUT2D eigenvalue weighted by Gasteiger charge is -2.34. The summed E-state index contributed by atoms with van der Waals surface area (Å²) in [6.07, 6.45) is 0.381. The van der Waals surface area contributed by atoms with Gasteiger partial charge in [0, 0.05) is 34.5 Å². The number of fused-ring (bicyclic) bond motifs is 1. The van der Waals surface area contributed by atoms with Crippen molar-refractivity contribution in [1.29, 1.82) is 0 Å². The summed E-state index contributed by atoms with van der Waals surface area (Å²) in [6, 6.07) is 14.6. The second-order valence-corrected chi connectivity index (χ2v) is 8.30. The Morgan fingerprint density at radius 3 is 2.31 bits per heavy atom. The number of ether oxygens (including phenoxy) is 2. The van der Waals surface area contributed by atoms with E-state index < -0.39 is 11.5 Å². The maximum absolute atomic E-state index is 12.3. The molecule has 1 aliphatic rings. The van der Waals surface area contributed by atoms with E-state index in [1.54, 1.807) is 18.2 Å². The average Bonchev–Trinajstić information content (AvgIpc) is 2.75. The van der Waals surface area contributed by atoms with E-state index in [2.05, 4.69) is 4.98 Å². The van der Waals surface area contributed by atoms with Gasteiger partial charge in [-0.15, -0.1) is 0 Å². The Balaban J connectivity index is 1.85. The van der Waals surface area contributed by atoms with Crippen LogP contribution in [0.15, 0.2) is 48.5 Å². The van der Waals surface area contributed by atoms with Gasteiger partial charge in [0.1, 0.15) is 11.5 Å². The van der Waals surface area contributed by atoms with Gasteiger partial charge in [-0.05, 0) is 69.7 Å². The fourth-order valence-corrected chi connectivity index (χ4v) is 4.14. The number of amides is 1. The third-order valence-electron chi connectivity index (χ3n) is 5.90. The van der Waals surface area contributed by atoms with Gasteiger partial charge in [0.25, 0.3) is 0 Å². The van der Waals surface area contributed by atoms with Gasteiger partial charge in [-0.1, -0.05) is 12.1 Å². The second kappa shape index (κ2) is 8.11. The number of aryl methyl sites for hydroxylation is 2. The van der Waals surface area contributed by atoms with Crippen LogP contribution in [-0.4, -0.2) is 23.3 Å². The van der Waals surface area contributed by atoms with Crippen molar-refractivity contribution in [2.45, 2.75) is 39.7 Å². The van der Waals surface area contributed by atoms with Crippen LogP contribution < -0.4 is 15.2 Å². The maximum atomic E-state index is 12.3. The van der Waals surface area contributed by atoms with Gasteiger partial charge in [-0.3, -0.25) is 14.6 Å². The number of Topliss-reactive ketones (excluding diaryl/α,β-unsaturated/α-hetero) is 1. The molecule has 1 aromatic heterocycles. The van der Waals surface area contributed by atoms with Crippen LogP contribution in [0.2, 0.25) is 0 Å². The smallest absolute Gasteiger partial charge is 0.248 e. The minimum absolute atomic E-state index is 0.0751. The van der Waals surface area contributed by atoms with E-state index in [0.717, 1.165) is 28.1 Å². The summed E-state index contributed by atoms with van der Waals surface area (Å²) in [5.41, 5.74) is 9.83. The Morgan fingerprint density at radius 2 is 1.69 bits per heavy atom. The summed E-state index contributed by atoms with van der Waals surface area (Å²) in [7, 11) is 0. The molecule has 0 unspecified atom stereocenters. The van der Waals surface area contributed by atoms with Crippen molar-refractivity contribution < 1.29 is 19.1 Å². The van der Waals surface area contributed by atoms with Gasteiger partial charge in [-0.2, -0.15) is 0 Å². The Hall–Kier alpha value is -3.67. The molecule has 164 valence electrons. The molecule has 0 aliphatic carbocycles. The molecule has 2 heterocycles. The second-order valence-electron chi connectivity index (χ2n) is 8.30. The van der Waals surface area contributed by atoms with Crippen molar-refractivity contribution in [1.82, 2.24) is 4.98 Å². The van der Waals surface area contributed by atoms with Gasteiger partial charge >= 0.3 is 0 Å². The first-order valence-corrected chi connectivity index (χ1v) is 10.5. The number of nitrogens with two attached hydrogens (primary N) is 1. The zero-order valence-electron chi connectivity index (χ0n) is 18.7. The van der Waals surface area contributed by atoms with Crippen LogP contribution >= 0.6 is 0 Å². The molecular weight excluding hydrogens is 404 g/mol. The lowest BCUT2D eigenvalue weighted by Crippen LogP contribution is -2.32. The average molecular weight is 431 g/mol. The Bertz CT molecular complexity index is 1200. The molecule has 0 saturated carbocycles. The lowest BCUT2D eigenvalue weighted by molar-refractivity contribution is 0.0929. The molecule has 0 spiro atoms. The molecule has 0 radical (unpaired) electrons. The third-order valence-corrected chi connectivity index (χ3v) is 5.90. The van der Waals surface area contributed by atoms with Crippen molar-refractivity contribution in [2.75, 3.05) is 6.61 Å². The Labute approximate surface area is 187 Å². The number of primary amides is 1. The number of nitrogens with zero attached hydrogens (tertiary/aromatic N) is 1. The fraction of sp³-hybridized carbons (Fsp3) is 0.269. The molecule has 3 aromatic rings. The monoisotopic (exact) mass is 430 g/mol. The van der Waals surface area contributed by atoms with Crippen molar-refractivity contribution >= 4 is 11.7 Å². The number of pyridine rings is 1. The van der Waals surface area contributed by atoms with Crippen LogP contribution in [0.3, 0.4) is 0 Å². The van der Waals surface area contributed by atoms with Crippen LogP contribution in [-0.2, 0) is 5.60 Å². The molecule has 6 nitrogen and oxygen atoms in total. The predicted molar refractivity (Wildman–Crippen MR) is 121 cm³/mol. The zero-order chi connectivity index (χ0) is 23.0. The molecule has 0 fully saturated rings. The minimum Gasteiger partial charge on any atom is -0.492 e. The molecular formula is C26H26N2O4. The van der Waals surface area contributed by atoms with Crippen LogP contribution in [0, 0.1) is 20.8 Å². The lowest BCUT2D eigenvalue weighted by atomic mass is 9.86. The molecule has 6 heteroatoms. The van der Waals surface area contributed by atoms with E-state index in [1.807, 2.05) is 58.0 Å². The van der Waals surface area contributed by atoms with Crippen molar-refractivity contribution in [3.8, 4) is 11.5 Å². The molecule has 4 rings (SSSR count). The van der Waals surface area contributed by atoms with Gasteiger partial charge in [-0.25, -0.2) is 0 Å². The van der Waals surface area contributed by atoms with E-state index in [0.29, 0.717) is 35.7 Å². The summed E-state index contributed by atoms with van der Waals surface area (Å²) in [5.74, 6) is 0.785.